The predicted octanol–water partition coefficient (Wildman–Crippen LogP) is 2.19. The van der Waals surface area contributed by atoms with Gasteiger partial charge in [0, 0.05) is 32.3 Å². The summed E-state index contributed by atoms with van der Waals surface area (Å²) in [6, 6.07) is 1.88. The van der Waals surface area contributed by atoms with Gasteiger partial charge in [-0.1, -0.05) is 6.92 Å². The monoisotopic (exact) mass is 365 g/mol. The van der Waals surface area contributed by atoms with E-state index in [9.17, 15) is 0 Å². The van der Waals surface area contributed by atoms with Crippen LogP contribution in [-0.4, -0.2) is 54.5 Å². The summed E-state index contributed by atoms with van der Waals surface area (Å²) in [6.45, 7) is 5.82. The molecule has 0 aliphatic carbocycles. The molecule has 2 N–H and O–H groups in total. The van der Waals surface area contributed by atoms with Crippen molar-refractivity contribution in [2.24, 2.45) is 5.92 Å². The van der Waals surface area contributed by atoms with Crippen molar-refractivity contribution in [3.05, 3.63) is 6.07 Å². The maximum absolute atomic E-state index is 5.59. The van der Waals surface area contributed by atoms with Crippen molar-refractivity contribution >= 4 is 29.1 Å². The van der Waals surface area contributed by atoms with Crippen molar-refractivity contribution in [2.45, 2.75) is 38.7 Å². The molecule has 25 heavy (non-hydrogen) atoms. The first-order valence-electron chi connectivity index (χ1n) is 8.98. The molecule has 0 radical (unpaired) electrons. The zero-order valence-corrected chi connectivity index (χ0v) is 15.8. The normalized spacial score (nSPS) is 23.4. The number of hydrogen-bond donors (Lipinski definition) is 2. The van der Waals surface area contributed by atoms with E-state index in [-0.39, 0.29) is 6.10 Å². The van der Waals surface area contributed by atoms with E-state index < -0.39 is 0 Å². The van der Waals surface area contributed by atoms with E-state index in [4.69, 9.17) is 21.7 Å². The maximum Gasteiger partial charge on any atom is 0.234 e. The highest BCUT2D eigenvalue weighted by molar-refractivity contribution is 7.80. The highest BCUT2D eigenvalue weighted by atomic mass is 32.1. The lowest BCUT2D eigenvalue weighted by Gasteiger charge is -2.32. The number of methoxy groups -OCH3 is 1. The van der Waals surface area contributed by atoms with Crippen LogP contribution in [0.1, 0.15) is 32.6 Å². The van der Waals surface area contributed by atoms with E-state index in [2.05, 4.69) is 32.4 Å². The van der Waals surface area contributed by atoms with Crippen molar-refractivity contribution in [3.8, 4) is 5.88 Å². The van der Waals surface area contributed by atoms with Crippen molar-refractivity contribution in [1.29, 1.82) is 0 Å². The fourth-order valence-electron chi connectivity index (χ4n) is 3.29. The van der Waals surface area contributed by atoms with Crippen LogP contribution >= 0.6 is 12.2 Å². The van der Waals surface area contributed by atoms with Crippen LogP contribution in [0.15, 0.2) is 6.07 Å². The van der Waals surface area contributed by atoms with Gasteiger partial charge < -0.3 is 25.0 Å². The quantitative estimate of drug-likeness (QED) is 0.770. The summed E-state index contributed by atoms with van der Waals surface area (Å²) in [5.41, 5.74) is 0. The molecular formula is C17H27N5O2S. The van der Waals surface area contributed by atoms with Crippen LogP contribution in [0.25, 0.3) is 0 Å². The summed E-state index contributed by atoms with van der Waals surface area (Å²) in [5.74, 6) is 2.54. The highest BCUT2D eigenvalue weighted by Gasteiger charge is 2.20. The first kappa shape index (κ1) is 18.1. The predicted molar refractivity (Wildman–Crippen MR) is 102 cm³/mol. The van der Waals surface area contributed by atoms with Crippen LogP contribution in [0.3, 0.4) is 0 Å². The third-order valence-corrected chi connectivity index (χ3v) is 4.87. The number of ether oxygens (including phenoxy) is 2. The van der Waals surface area contributed by atoms with Crippen LogP contribution < -0.4 is 20.3 Å². The van der Waals surface area contributed by atoms with E-state index >= 15 is 0 Å². The zero-order valence-electron chi connectivity index (χ0n) is 15.0. The molecule has 3 rings (SSSR count). The zero-order chi connectivity index (χ0) is 17.6. The van der Waals surface area contributed by atoms with Crippen LogP contribution in [0.5, 0.6) is 5.88 Å². The molecule has 1 aromatic rings. The molecule has 2 atom stereocenters. The summed E-state index contributed by atoms with van der Waals surface area (Å²) < 4.78 is 10.9. The Morgan fingerprint density at radius 1 is 1.40 bits per heavy atom. The SMILES string of the molecule is COc1cc(N2CCC[C@@H](C)C2)nc(NC(=S)NC[C@@H]2CCCO2)n1. The number of nitrogens with zero attached hydrogens (tertiary/aromatic N) is 3. The lowest BCUT2D eigenvalue weighted by atomic mass is 10.0. The van der Waals surface area contributed by atoms with E-state index in [1.165, 1.54) is 12.8 Å². The van der Waals surface area contributed by atoms with E-state index in [1.807, 2.05) is 6.07 Å². The number of thiocarbonyl (C=S) groups is 1. The summed E-state index contributed by atoms with van der Waals surface area (Å²) in [6.07, 6.45) is 4.86. The summed E-state index contributed by atoms with van der Waals surface area (Å²) in [7, 11) is 1.61. The average Bonchev–Trinajstić information content (AvgIpc) is 3.13. The molecule has 0 saturated carbocycles. The van der Waals surface area contributed by atoms with Gasteiger partial charge in [-0.15, -0.1) is 0 Å². The summed E-state index contributed by atoms with van der Waals surface area (Å²) in [5, 5.41) is 6.75. The molecule has 138 valence electrons. The third-order valence-electron chi connectivity index (χ3n) is 4.62. The lowest BCUT2D eigenvalue weighted by Crippen LogP contribution is -2.36. The second kappa shape index (κ2) is 8.62. The Morgan fingerprint density at radius 2 is 2.28 bits per heavy atom. The average molecular weight is 366 g/mol. The van der Waals surface area contributed by atoms with Gasteiger partial charge in [0.15, 0.2) is 5.11 Å². The van der Waals surface area contributed by atoms with Gasteiger partial charge >= 0.3 is 0 Å². The van der Waals surface area contributed by atoms with Crippen LogP contribution in [-0.2, 0) is 4.74 Å². The fraction of sp³-hybridized carbons (Fsp3) is 0.706. The molecule has 1 aromatic heterocycles. The minimum Gasteiger partial charge on any atom is -0.481 e. The van der Waals surface area contributed by atoms with Gasteiger partial charge in [-0.2, -0.15) is 9.97 Å². The van der Waals surface area contributed by atoms with Crippen molar-refractivity contribution in [1.82, 2.24) is 15.3 Å². The first-order valence-corrected chi connectivity index (χ1v) is 9.39. The van der Waals surface area contributed by atoms with Crippen LogP contribution in [0.4, 0.5) is 11.8 Å². The molecule has 0 bridgehead atoms. The molecule has 2 aliphatic rings. The minimum absolute atomic E-state index is 0.233. The molecule has 3 heterocycles. The number of piperidine rings is 1. The fourth-order valence-corrected chi connectivity index (χ4v) is 3.47. The molecule has 7 nitrogen and oxygen atoms in total. The topological polar surface area (TPSA) is 71.5 Å². The second-order valence-corrected chi connectivity index (χ2v) is 7.16. The Labute approximate surface area is 154 Å². The van der Waals surface area contributed by atoms with Gasteiger partial charge in [-0.05, 0) is 43.8 Å². The number of rotatable bonds is 5. The maximum atomic E-state index is 5.59. The van der Waals surface area contributed by atoms with Gasteiger partial charge in [0.2, 0.25) is 11.8 Å². The summed E-state index contributed by atoms with van der Waals surface area (Å²) in [4.78, 5) is 11.3. The molecule has 0 aromatic carbocycles. The molecule has 0 unspecified atom stereocenters. The van der Waals surface area contributed by atoms with Crippen molar-refractivity contribution < 1.29 is 9.47 Å². The van der Waals surface area contributed by atoms with E-state index in [1.54, 1.807) is 7.11 Å². The standard InChI is InChI=1S/C17H27N5O2S/c1-12-5-3-7-22(11-12)14-9-15(23-2)20-16(19-14)21-17(25)18-10-13-6-4-8-24-13/h9,12-13H,3-8,10-11H2,1-2H3,(H2,18,19,20,21,25)/t12-,13+/m1/s1. The Bertz CT molecular complexity index is 594. The molecular weight excluding hydrogens is 338 g/mol. The van der Waals surface area contributed by atoms with Gasteiger partial charge in [-0.3, -0.25) is 0 Å². The lowest BCUT2D eigenvalue weighted by molar-refractivity contribution is 0.114. The van der Waals surface area contributed by atoms with Crippen molar-refractivity contribution in [3.63, 3.8) is 0 Å². The number of anilines is 2. The molecule has 0 amide bonds. The van der Waals surface area contributed by atoms with Crippen LogP contribution in [0, 0.1) is 5.92 Å². The number of nitrogens with one attached hydrogen (secondary N) is 2. The highest BCUT2D eigenvalue weighted by Crippen LogP contribution is 2.25. The second-order valence-electron chi connectivity index (χ2n) is 6.76. The van der Waals surface area contributed by atoms with E-state index in [0.717, 1.165) is 38.4 Å². The molecule has 0 spiro atoms. The first-order chi connectivity index (χ1) is 12.1. The van der Waals surface area contributed by atoms with Crippen molar-refractivity contribution in [2.75, 3.05) is 43.6 Å². The van der Waals surface area contributed by atoms with Gasteiger partial charge in [0.25, 0.3) is 0 Å². The third kappa shape index (κ3) is 5.15. The van der Waals surface area contributed by atoms with Gasteiger partial charge in [0.1, 0.15) is 5.82 Å². The largest absolute Gasteiger partial charge is 0.481 e. The Kier molecular flexibility index (Phi) is 6.25. The Balaban J connectivity index is 1.63. The summed E-state index contributed by atoms with van der Waals surface area (Å²) >= 11 is 5.36. The molecule has 2 fully saturated rings. The smallest absolute Gasteiger partial charge is 0.234 e. The van der Waals surface area contributed by atoms with Gasteiger partial charge in [-0.25, -0.2) is 0 Å². The molecule has 8 heteroatoms. The number of aromatic nitrogens is 2. The molecule has 2 saturated heterocycles. The Hall–Kier alpha value is -1.67. The Morgan fingerprint density at radius 3 is 3.00 bits per heavy atom. The van der Waals surface area contributed by atoms with E-state index in [0.29, 0.717) is 29.4 Å². The number of hydrogen-bond acceptors (Lipinski definition) is 6. The molecule has 2 aliphatic heterocycles. The van der Waals surface area contributed by atoms with Gasteiger partial charge in [0.05, 0.1) is 13.2 Å². The minimum atomic E-state index is 0.233. The van der Waals surface area contributed by atoms with Crippen LogP contribution in [0.2, 0.25) is 0 Å².